The fraction of sp³-hybridized carbons (Fsp3) is 0.0625. The molecule has 0 saturated carbocycles. The number of aromatic nitrogens is 2. The summed E-state index contributed by atoms with van der Waals surface area (Å²) in [4.78, 5) is 20.9. The monoisotopic (exact) mass is 329 g/mol. The van der Waals surface area contributed by atoms with Crippen LogP contribution in [0.5, 0.6) is 0 Å². The lowest BCUT2D eigenvalue weighted by Crippen LogP contribution is -2.21. The number of amides is 1. The van der Waals surface area contributed by atoms with E-state index in [1.807, 2.05) is 24.3 Å². The summed E-state index contributed by atoms with van der Waals surface area (Å²) in [5.74, 6) is -0.126. The van der Waals surface area contributed by atoms with Crippen LogP contribution >= 0.6 is 22.9 Å². The number of thiophene rings is 1. The second-order valence-corrected chi connectivity index (χ2v) is 6.29. The van der Waals surface area contributed by atoms with E-state index >= 15 is 0 Å². The van der Waals surface area contributed by atoms with Crippen molar-refractivity contribution in [3.63, 3.8) is 0 Å². The van der Waals surface area contributed by atoms with E-state index in [4.69, 9.17) is 11.6 Å². The van der Waals surface area contributed by atoms with Gasteiger partial charge in [0.05, 0.1) is 14.9 Å². The Kier molecular flexibility index (Phi) is 4.46. The fourth-order valence-corrected chi connectivity index (χ4v) is 2.93. The van der Waals surface area contributed by atoms with E-state index in [-0.39, 0.29) is 5.91 Å². The summed E-state index contributed by atoms with van der Waals surface area (Å²) in [6.45, 7) is 0.439. The SMILES string of the molecule is O=C(NCc1ccnc(-c2ccncc2)c1)c1ccc(Cl)s1. The predicted molar refractivity (Wildman–Crippen MR) is 88.0 cm³/mol. The minimum Gasteiger partial charge on any atom is -0.347 e. The zero-order valence-corrected chi connectivity index (χ0v) is 13.1. The highest BCUT2D eigenvalue weighted by Crippen LogP contribution is 2.21. The minimum absolute atomic E-state index is 0.126. The molecule has 0 unspecified atom stereocenters. The fourth-order valence-electron chi connectivity index (χ4n) is 1.97. The second-order valence-electron chi connectivity index (χ2n) is 4.57. The van der Waals surface area contributed by atoms with Crippen molar-refractivity contribution >= 4 is 28.8 Å². The molecule has 3 heterocycles. The molecule has 0 aliphatic carbocycles. The summed E-state index contributed by atoms with van der Waals surface area (Å²) >= 11 is 7.10. The maximum absolute atomic E-state index is 12.0. The molecule has 110 valence electrons. The highest BCUT2D eigenvalue weighted by atomic mass is 35.5. The van der Waals surface area contributed by atoms with Gasteiger partial charge in [-0.3, -0.25) is 14.8 Å². The Morgan fingerprint density at radius 2 is 1.95 bits per heavy atom. The van der Waals surface area contributed by atoms with Crippen LogP contribution in [0, 0.1) is 0 Å². The maximum atomic E-state index is 12.0. The molecule has 1 N–H and O–H groups in total. The van der Waals surface area contributed by atoms with E-state index in [9.17, 15) is 4.79 Å². The van der Waals surface area contributed by atoms with Gasteiger partial charge in [0.1, 0.15) is 0 Å². The molecule has 0 aliphatic heterocycles. The molecule has 0 fully saturated rings. The Hall–Kier alpha value is -2.24. The first-order valence-electron chi connectivity index (χ1n) is 6.61. The standard InChI is InChI=1S/C16H12ClN3OS/c17-15-2-1-14(22-15)16(21)20-10-11-3-8-19-13(9-11)12-4-6-18-7-5-12/h1-9H,10H2,(H,20,21). The molecule has 3 aromatic heterocycles. The number of halogens is 1. The van der Waals surface area contributed by atoms with E-state index in [0.717, 1.165) is 16.8 Å². The summed E-state index contributed by atoms with van der Waals surface area (Å²) in [5.41, 5.74) is 2.83. The van der Waals surface area contributed by atoms with E-state index in [2.05, 4.69) is 15.3 Å². The van der Waals surface area contributed by atoms with Gasteiger partial charge < -0.3 is 5.32 Å². The van der Waals surface area contributed by atoms with Crippen LogP contribution in [-0.4, -0.2) is 15.9 Å². The van der Waals surface area contributed by atoms with Gasteiger partial charge in [-0.15, -0.1) is 11.3 Å². The average Bonchev–Trinajstić information content (AvgIpc) is 3.00. The third kappa shape index (κ3) is 3.50. The van der Waals surface area contributed by atoms with Crippen LogP contribution in [0.3, 0.4) is 0 Å². The number of nitrogens with zero attached hydrogens (tertiary/aromatic N) is 2. The number of pyridine rings is 2. The van der Waals surface area contributed by atoms with E-state index < -0.39 is 0 Å². The highest BCUT2D eigenvalue weighted by Gasteiger charge is 2.08. The Labute approximate surface area is 136 Å². The zero-order chi connectivity index (χ0) is 15.4. The van der Waals surface area contributed by atoms with Gasteiger partial charge in [0.15, 0.2) is 0 Å². The molecule has 3 aromatic rings. The van der Waals surface area contributed by atoms with Gasteiger partial charge in [0.2, 0.25) is 0 Å². The number of carbonyl (C=O) groups is 1. The van der Waals surface area contributed by atoms with E-state index in [0.29, 0.717) is 15.8 Å². The Bertz CT molecular complexity index is 789. The van der Waals surface area contributed by atoms with Crippen molar-refractivity contribution in [2.45, 2.75) is 6.54 Å². The molecule has 0 spiro atoms. The number of hydrogen-bond donors (Lipinski definition) is 1. The molecule has 0 radical (unpaired) electrons. The third-order valence-corrected chi connectivity index (χ3v) is 4.28. The van der Waals surface area contributed by atoms with Crippen LogP contribution in [-0.2, 0) is 6.54 Å². The summed E-state index contributed by atoms with van der Waals surface area (Å²) < 4.78 is 0.606. The summed E-state index contributed by atoms with van der Waals surface area (Å²) in [6.07, 6.45) is 5.19. The lowest BCUT2D eigenvalue weighted by molar-refractivity contribution is 0.0955. The van der Waals surface area contributed by atoms with E-state index in [1.165, 1.54) is 11.3 Å². The zero-order valence-electron chi connectivity index (χ0n) is 11.5. The molecular weight excluding hydrogens is 318 g/mol. The smallest absolute Gasteiger partial charge is 0.261 e. The van der Waals surface area contributed by atoms with Crippen molar-refractivity contribution < 1.29 is 4.79 Å². The topological polar surface area (TPSA) is 54.9 Å². The lowest BCUT2D eigenvalue weighted by atomic mass is 10.1. The Balaban J connectivity index is 1.70. The molecule has 3 rings (SSSR count). The Morgan fingerprint density at radius 1 is 1.14 bits per heavy atom. The van der Waals surface area contributed by atoms with Gasteiger partial charge in [0, 0.05) is 30.7 Å². The number of rotatable bonds is 4. The van der Waals surface area contributed by atoms with Crippen LogP contribution in [0.15, 0.2) is 55.0 Å². The first-order chi connectivity index (χ1) is 10.7. The maximum Gasteiger partial charge on any atom is 0.261 e. The van der Waals surface area contributed by atoms with Gasteiger partial charge in [-0.25, -0.2) is 0 Å². The van der Waals surface area contributed by atoms with Gasteiger partial charge in [-0.1, -0.05) is 11.6 Å². The van der Waals surface area contributed by atoms with E-state index in [1.54, 1.807) is 30.7 Å². The predicted octanol–water partition coefficient (Wildman–Crippen LogP) is 3.79. The van der Waals surface area contributed by atoms with Crippen molar-refractivity contribution in [3.05, 3.63) is 69.8 Å². The highest BCUT2D eigenvalue weighted by molar-refractivity contribution is 7.17. The lowest BCUT2D eigenvalue weighted by Gasteiger charge is -2.06. The summed E-state index contributed by atoms with van der Waals surface area (Å²) in [5, 5.41) is 2.88. The molecule has 0 bridgehead atoms. The average molecular weight is 330 g/mol. The Morgan fingerprint density at radius 3 is 2.68 bits per heavy atom. The molecule has 4 nitrogen and oxygen atoms in total. The number of hydrogen-bond acceptors (Lipinski definition) is 4. The third-order valence-electron chi connectivity index (χ3n) is 3.05. The van der Waals surface area contributed by atoms with Gasteiger partial charge >= 0.3 is 0 Å². The van der Waals surface area contributed by atoms with Crippen molar-refractivity contribution in [1.29, 1.82) is 0 Å². The summed E-state index contributed by atoms with van der Waals surface area (Å²) in [7, 11) is 0. The molecule has 0 atom stereocenters. The molecule has 22 heavy (non-hydrogen) atoms. The molecule has 0 aromatic carbocycles. The second kappa shape index (κ2) is 6.68. The van der Waals surface area contributed by atoms with Crippen molar-refractivity contribution in [2.75, 3.05) is 0 Å². The van der Waals surface area contributed by atoms with Gasteiger partial charge in [-0.2, -0.15) is 0 Å². The van der Waals surface area contributed by atoms with Gasteiger partial charge in [0.25, 0.3) is 5.91 Å². The molecular formula is C16H12ClN3OS. The summed E-state index contributed by atoms with van der Waals surface area (Å²) in [6, 6.07) is 11.1. The van der Waals surface area contributed by atoms with Crippen LogP contribution in [0.4, 0.5) is 0 Å². The normalized spacial score (nSPS) is 10.4. The van der Waals surface area contributed by atoms with Crippen LogP contribution in [0.2, 0.25) is 4.34 Å². The van der Waals surface area contributed by atoms with Crippen LogP contribution in [0.1, 0.15) is 15.2 Å². The first-order valence-corrected chi connectivity index (χ1v) is 7.81. The number of nitrogens with one attached hydrogen (secondary N) is 1. The molecule has 0 saturated heterocycles. The minimum atomic E-state index is -0.126. The molecule has 0 aliphatic rings. The van der Waals surface area contributed by atoms with Crippen molar-refractivity contribution in [3.8, 4) is 11.3 Å². The number of carbonyl (C=O) groups excluding carboxylic acids is 1. The largest absolute Gasteiger partial charge is 0.347 e. The molecule has 1 amide bonds. The van der Waals surface area contributed by atoms with Crippen LogP contribution < -0.4 is 5.32 Å². The first kappa shape index (κ1) is 14.7. The van der Waals surface area contributed by atoms with Crippen molar-refractivity contribution in [1.82, 2.24) is 15.3 Å². The molecule has 6 heteroatoms. The van der Waals surface area contributed by atoms with Gasteiger partial charge in [-0.05, 0) is 42.0 Å². The van der Waals surface area contributed by atoms with Crippen molar-refractivity contribution in [2.24, 2.45) is 0 Å². The van der Waals surface area contributed by atoms with Crippen LogP contribution in [0.25, 0.3) is 11.3 Å². The quantitative estimate of drug-likeness (QED) is 0.792.